The Morgan fingerprint density at radius 1 is 1.42 bits per heavy atom. The predicted octanol–water partition coefficient (Wildman–Crippen LogP) is -0.0890. The zero-order valence-corrected chi connectivity index (χ0v) is 11.1. The number of aromatic amines is 1. The molecule has 0 fully saturated rings. The number of sulfonamides is 1. The van der Waals surface area contributed by atoms with Gasteiger partial charge in [-0.1, -0.05) is 0 Å². The summed E-state index contributed by atoms with van der Waals surface area (Å²) in [6.45, 7) is 0.232. The molecular formula is C10H14N6O2S. The topological polar surface area (TPSA) is 117 Å². The summed E-state index contributed by atoms with van der Waals surface area (Å²) in [5.41, 5.74) is 3.12. The first kappa shape index (κ1) is 13.5. The van der Waals surface area contributed by atoms with Crippen molar-refractivity contribution in [2.45, 2.75) is 11.4 Å². The number of anilines is 1. The lowest BCUT2D eigenvalue weighted by molar-refractivity contribution is 0.466. The normalized spacial score (nSPS) is 11.7. The number of aromatic nitrogens is 3. The molecule has 2 heterocycles. The maximum atomic E-state index is 12.3. The Bertz CT molecular complexity index is 623. The van der Waals surface area contributed by atoms with Gasteiger partial charge in [-0.05, 0) is 12.1 Å². The van der Waals surface area contributed by atoms with E-state index in [-0.39, 0.29) is 11.4 Å². The van der Waals surface area contributed by atoms with Crippen molar-refractivity contribution in [2.75, 3.05) is 12.5 Å². The molecule has 0 spiro atoms. The van der Waals surface area contributed by atoms with E-state index in [0.29, 0.717) is 5.82 Å². The van der Waals surface area contributed by atoms with Gasteiger partial charge in [0.1, 0.15) is 10.7 Å². The molecule has 2 aromatic heterocycles. The van der Waals surface area contributed by atoms with E-state index in [1.54, 1.807) is 12.4 Å². The van der Waals surface area contributed by atoms with E-state index in [2.05, 4.69) is 20.6 Å². The van der Waals surface area contributed by atoms with E-state index in [4.69, 9.17) is 5.84 Å². The minimum absolute atomic E-state index is 0.109. The van der Waals surface area contributed by atoms with E-state index in [9.17, 15) is 8.42 Å². The zero-order valence-electron chi connectivity index (χ0n) is 10.2. The lowest BCUT2D eigenvalue weighted by Gasteiger charge is -2.16. The van der Waals surface area contributed by atoms with Crippen molar-refractivity contribution >= 4 is 15.8 Å². The van der Waals surface area contributed by atoms with Crippen LogP contribution in [0.2, 0.25) is 0 Å². The van der Waals surface area contributed by atoms with Gasteiger partial charge in [0.25, 0.3) is 0 Å². The molecule has 2 rings (SSSR count). The monoisotopic (exact) mass is 282 g/mol. The molecule has 8 nitrogen and oxygen atoms in total. The van der Waals surface area contributed by atoms with Crippen LogP contribution >= 0.6 is 0 Å². The second kappa shape index (κ2) is 5.34. The molecule has 0 amide bonds. The highest BCUT2D eigenvalue weighted by Crippen LogP contribution is 2.16. The van der Waals surface area contributed by atoms with Crippen molar-refractivity contribution < 1.29 is 8.42 Å². The Labute approximate surface area is 110 Å². The summed E-state index contributed by atoms with van der Waals surface area (Å²) in [7, 11) is -2.08. The Hall–Kier alpha value is -1.97. The van der Waals surface area contributed by atoms with Gasteiger partial charge in [-0.15, -0.1) is 0 Å². The van der Waals surface area contributed by atoms with Crippen LogP contribution in [0.5, 0.6) is 0 Å². The summed E-state index contributed by atoms with van der Waals surface area (Å²) >= 11 is 0. The molecular weight excluding hydrogens is 268 g/mol. The molecule has 0 bridgehead atoms. The van der Waals surface area contributed by atoms with Gasteiger partial charge < -0.3 is 5.43 Å². The van der Waals surface area contributed by atoms with Crippen LogP contribution < -0.4 is 11.3 Å². The van der Waals surface area contributed by atoms with E-state index >= 15 is 0 Å². The van der Waals surface area contributed by atoms with Crippen molar-refractivity contribution in [3.63, 3.8) is 0 Å². The number of hydrogen-bond acceptors (Lipinski definition) is 6. The maximum absolute atomic E-state index is 12.3. The standard InChI is InChI=1S/C10H14N6O2S/c1-16(7-8-4-13-14-5-8)19(17,18)9-2-3-10(15-11)12-6-9/h2-6H,7,11H2,1H3,(H,12,15)(H,13,14). The number of nitrogens with two attached hydrogens (primary N) is 1. The average molecular weight is 282 g/mol. The summed E-state index contributed by atoms with van der Waals surface area (Å²) in [4.78, 5) is 3.99. The van der Waals surface area contributed by atoms with Crippen molar-refractivity contribution in [3.8, 4) is 0 Å². The van der Waals surface area contributed by atoms with E-state index in [1.807, 2.05) is 0 Å². The summed E-state index contributed by atoms with van der Waals surface area (Å²) in [5, 5.41) is 6.41. The molecule has 0 saturated heterocycles. The Balaban J connectivity index is 2.20. The van der Waals surface area contributed by atoms with Gasteiger partial charge in [0.05, 0.1) is 6.20 Å². The first-order chi connectivity index (χ1) is 9.04. The van der Waals surface area contributed by atoms with Crippen LogP contribution in [0, 0.1) is 0 Å². The van der Waals surface area contributed by atoms with E-state index < -0.39 is 10.0 Å². The molecule has 0 aliphatic heterocycles. The van der Waals surface area contributed by atoms with Crippen molar-refractivity contribution in [2.24, 2.45) is 5.84 Å². The van der Waals surface area contributed by atoms with Gasteiger partial charge >= 0.3 is 0 Å². The fourth-order valence-electron chi connectivity index (χ4n) is 1.50. The van der Waals surface area contributed by atoms with Crippen LogP contribution in [-0.2, 0) is 16.6 Å². The molecule has 102 valence electrons. The van der Waals surface area contributed by atoms with Crippen LogP contribution in [0.1, 0.15) is 5.56 Å². The molecule has 0 radical (unpaired) electrons. The zero-order chi connectivity index (χ0) is 13.9. The molecule has 19 heavy (non-hydrogen) atoms. The SMILES string of the molecule is CN(Cc1cn[nH]c1)S(=O)(=O)c1ccc(NN)nc1. The first-order valence-electron chi connectivity index (χ1n) is 5.40. The fourth-order valence-corrected chi connectivity index (χ4v) is 2.61. The summed E-state index contributed by atoms with van der Waals surface area (Å²) in [6, 6.07) is 2.95. The molecule has 2 aromatic rings. The van der Waals surface area contributed by atoms with Gasteiger partial charge in [0.2, 0.25) is 10.0 Å². The number of nitrogens with zero attached hydrogens (tertiary/aromatic N) is 3. The molecule has 0 saturated carbocycles. The number of nitrogens with one attached hydrogen (secondary N) is 2. The molecule has 0 unspecified atom stereocenters. The second-order valence-electron chi connectivity index (χ2n) is 3.89. The summed E-state index contributed by atoms with van der Waals surface area (Å²) in [5.74, 6) is 5.58. The van der Waals surface area contributed by atoms with Crippen LogP contribution in [0.15, 0.2) is 35.6 Å². The molecule has 0 aliphatic rings. The lowest BCUT2D eigenvalue weighted by Crippen LogP contribution is -2.26. The summed E-state index contributed by atoms with van der Waals surface area (Å²) < 4.78 is 25.7. The highest BCUT2D eigenvalue weighted by Gasteiger charge is 2.21. The van der Waals surface area contributed by atoms with Crippen LogP contribution in [0.25, 0.3) is 0 Å². The van der Waals surface area contributed by atoms with E-state index in [1.165, 1.54) is 29.7 Å². The largest absolute Gasteiger partial charge is 0.308 e. The number of nitrogen functional groups attached to an aromatic ring is 1. The molecule has 0 aliphatic carbocycles. The fraction of sp³-hybridized carbons (Fsp3) is 0.200. The Morgan fingerprint density at radius 2 is 2.21 bits per heavy atom. The smallest absolute Gasteiger partial charge is 0.244 e. The highest BCUT2D eigenvalue weighted by atomic mass is 32.2. The second-order valence-corrected chi connectivity index (χ2v) is 5.94. The lowest BCUT2D eigenvalue weighted by atomic mass is 10.4. The van der Waals surface area contributed by atoms with E-state index in [0.717, 1.165) is 5.56 Å². The summed E-state index contributed by atoms with van der Waals surface area (Å²) in [6.07, 6.45) is 4.48. The van der Waals surface area contributed by atoms with Crippen molar-refractivity contribution in [3.05, 3.63) is 36.3 Å². The van der Waals surface area contributed by atoms with Gasteiger partial charge in [-0.25, -0.2) is 19.2 Å². The maximum Gasteiger partial charge on any atom is 0.244 e. The van der Waals surface area contributed by atoms with Crippen LogP contribution in [0.4, 0.5) is 5.82 Å². The third-order valence-electron chi connectivity index (χ3n) is 2.55. The van der Waals surface area contributed by atoms with Crippen molar-refractivity contribution in [1.29, 1.82) is 0 Å². The third kappa shape index (κ3) is 2.89. The predicted molar refractivity (Wildman–Crippen MR) is 69.3 cm³/mol. The average Bonchev–Trinajstić information content (AvgIpc) is 2.91. The third-order valence-corrected chi connectivity index (χ3v) is 4.34. The molecule has 0 aromatic carbocycles. The molecule has 9 heteroatoms. The molecule has 4 N–H and O–H groups in total. The first-order valence-corrected chi connectivity index (χ1v) is 6.84. The highest BCUT2D eigenvalue weighted by molar-refractivity contribution is 7.89. The Kier molecular flexibility index (Phi) is 3.79. The van der Waals surface area contributed by atoms with Crippen molar-refractivity contribution in [1.82, 2.24) is 19.5 Å². The quantitative estimate of drug-likeness (QED) is 0.521. The molecule has 0 atom stereocenters. The number of hydrazine groups is 1. The number of hydrogen-bond donors (Lipinski definition) is 3. The van der Waals surface area contributed by atoms with Crippen LogP contribution in [0.3, 0.4) is 0 Å². The van der Waals surface area contributed by atoms with Crippen LogP contribution in [-0.4, -0.2) is 35.0 Å². The minimum Gasteiger partial charge on any atom is -0.308 e. The minimum atomic E-state index is -3.58. The van der Waals surface area contributed by atoms with Gasteiger partial charge in [-0.2, -0.15) is 9.40 Å². The van der Waals surface area contributed by atoms with Gasteiger partial charge in [-0.3, -0.25) is 5.10 Å². The Morgan fingerprint density at radius 3 is 2.74 bits per heavy atom. The number of rotatable bonds is 5. The van der Waals surface area contributed by atoms with Gasteiger partial charge in [0, 0.05) is 31.5 Å². The number of H-pyrrole nitrogens is 1. The van der Waals surface area contributed by atoms with Gasteiger partial charge in [0.15, 0.2) is 0 Å². The number of pyridine rings is 1.